The van der Waals surface area contributed by atoms with E-state index in [0.717, 1.165) is 6.54 Å². The standard InChI is InChI=1S/C15H22BrN/c1-12(2)17-11-15(9-5-6-10-15)13-7-3-4-8-14(13)16/h3-4,7-8,12,17H,5-6,9-11H2,1-2H3. The van der Waals surface area contributed by atoms with E-state index in [1.165, 1.54) is 35.7 Å². The summed E-state index contributed by atoms with van der Waals surface area (Å²) in [6, 6.07) is 9.29. The van der Waals surface area contributed by atoms with Gasteiger partial charge in [0.05, 0.1) is 0 Å². The van der Waals surface area contributed by atoms with Crippen LogP contribution in [-0.4, -0.2) is 12.6 Å². The highest BCUT2D eigenvalue weighted by Crippen LogP contribution is 2.43. The van der Waals surface area contributed by atoms with Gasteiger partial charge in [0.1, 0.15) is 0 Å². The molecule has 1 nitrogen and oxygen atoms in total. The zero-order chi connectivity index (χ0) is 12.3. The van der Waals surface area contributed by atoms with Crippen LogP contribution in [0.2, 0.25) is 0 Å². The van der Waals surface area contributed by atoms with Crippen LogP contribution in [0.3, 0.4) is 0 Å². The molecule has 17 heavy (non-hydrogen) atoms. The Morgan fingerprint density at radius 1 is 1.24 bits per heavy atom. The normalized spacial score (nSPS) is 18.8. The average molecular weight is 296 g/mol. The minimum Gasteiger partial charge on any atom is -0.314 e. The van der Waals surface area contributed by atoms with Crippen LogP contribution in [-0.2, 0) is 5.41 Å². The maximum atomic E-state index is 3.72. The first kappa shape index (κ1) is 13.1. The fourth-order valence-electron chi connectivity index (χ4n) is 2.88. The van der Waals surface area contributed by atoms with Gasteiger partial charge >= 0.3 is 0 Å². The van der Waals surface area contributed by atoms with Gasteiger partial charge < -0.3 is 5.32 Å². The monoisotopic (exact) mass is 295 g/mol. The van der Waals surface area contributed by atoms with Crippen molar-refractivity contribution in [2.75, 3.05) is 6.54 Å². The first-order valence-corrected chi connectivity index (χ1v) is 7.42. The van der Waals surface area contributed by atoms with Gasteiger partial charge in [-0.25, -0.2) is 0 Å². The Balaban J connectivity index is 2.25. The summed E-state index contributed by atoms with van der Waals surface area (Å²) in [5.41, 5.74) is 1.84. The Kier molecular flexibility index (Phi) is 4.26. The number of nitrogens with one attached hydrogen (secondary N) is 1. The Hall–Kier alpha value is -0.340. The van der Waals surface area contributed by atoms with Crippen molar-refractivity contribution in [3.63, 3.8) is 0 Å². The van der Waals surface area contributed by atoms with E-state index < -0.39 is 0 Å². The molecule has 0 aromatic heterocycles. The lowest BCUT2D eigenvalue weighted by molar-refractivity contribution is 0.386. The summed E-state index contributed by atoms with van der Waals surface area (Å²) in [4.78, 5) is 0. The highest BCUT2D eigenvalue weighted by molar-refractivity contribution is 9.10. The second kappa shape index (κ2) is 5.53. The molecular formula is C15H22BrN. The molecule has 0 saturated heterocycles. The minimum atomic E-state index is 0.352. The number of rotatable bonds is 4. The molecular weight excluding hydrogens is 274 g/mol. The molecule has 1 aromatic rings. The summed E-state index contributed by atoms with van der Waals surface area (Å²) in [5, 5.41) is 3.63. The Bertz CT molecular complexity index is 367. The SMILES string of the molecule is CC(C)NCC1(c2ccccc2Br)CCCC1. The van der Waals surface area contributed by atoms with Crippen molar-refractivity contribution >= 4 is 15.9 Å². The maximum absolute atomic E-state index is 3.72. The molecule has 0 atom stereocenters. The molecule has 0 spiro atoms. The Morgan fingerprint density at radius 2 is 1.88 bits per heavy atom. The molecule has 94 valence electrons. The third kappa shape index (κ3) is 2.92. The van der Waals surface area contributed by atoms with Crippen LogP contribution < -0.4 is 5.32 Å². The van der Waals surface area contributed by atoms with Crippen molar-refractivity contribution < 1.29 is 0 Å². The summed E-state index contributed by atoms with van der Waals surface area (Å²) in [6.45, 7) is 5.55. The lowest BCUT2D eigenvalue weighted by Crippen LogP contribution is -2.39. The number of halogens is 1. The van der Waals surface area contributed by atoms with Gasteiger partial charge in [-0.2, -0.15) is 0 Å². The third-order valence-electron chi connectivity index (χ3n) is 3.85. The van der Waals surface area contributed by atoms with Crippen molar-refractivity contribution in [2.45, 2.75) is 51.0 Å². The molecule has 1 aliphatic rings. The van der Waals surface area contributed by atoms with Crippen LogP contribution in [0.4, 0.5) is 0 Å². The van der Waals surface area contributed by atoms with Crippen LogP contribution in [0.1, 0.15) is 45.1 Å². The van der Waals surface area contributed by atoms with Gasteiger partial charge in [-0.15, -0.1) is 0 Å². The fourth-order valence-corrected chi connectivity index (χ4v) is 3.59. The number of hydrogen-bond acceptors (Lipinski definition) is 1. The van der Waals surface area contributed by atoms with E-state index >= 15 is 0 Å². The topological polar surface area (TPSA) is 12.0 Å². The van der Waals surface area contributed by atoms with Crippen LogP contribution in [0.15, 0.2) is 28.7 Å². The van der Waals surface area contributed by atoms with E-state index in [4.69, 9.17) is 0 Å². The van der Waals surface area contributed by atoms with Crippen LogP contribution in [0, 0.1) is 0 Å². The molecule has 0 heterocycles. The molecule has 0 bridgehead atoms. The maximum Gasteiger partial charge on any atom is 0.0213 e. The summed E-state index contributed by atoms with van der Waals surface area (Å²) in [7, 11) is 0. The molecule has 0 amide bonds. The van der Waals surface area contributed by atoms with Gasteiger partial charge in [-0.1, -0.05) is 60.8 Å². The zero-order valence-corrected chi connectivity index (χ0v) is 12.4. The number of hydrogen-bond donors (Lipinski definition) is 1. The lowest BCUT2D eigenvalue weighted by Gasteiger charge is -2.32. The molecule has 1 saturated carbocycles. The van der Waals surface area contributed by atoms with E-state index in [1.807, 2.05) is 0 Å². The average Bonchev–Trinajstić information content (AvgIpc) is 2.77. The molecule has 0 radical (unpaired) electrons. The van der Waals surface area contributed by atoms with E-state index in [0.29, 0.717) is 11.5 Å². The summed E-state index contributed by atoms with van der Waals surface area (Å²) >= 11 is 3.72. The van der Waals surface area contributed by atoms with Crippen molar-refractivity contribution in [1.82, 2.24) is 5.32 Å². The first-order chi connectivity index (χ1) is 8.14. The largest absolute Gasteiger partial charge is 0.314 e. The van der Waals surface area contributed by atoms with E-state index in [2.05, 4.69) is 59.4 Å². The van der Waals surface area contributed by atoms with Crippen molar-refractivity contribution in [3.8, 4) is 0 Å². The predicted molar refractivity (Wildman–Crippen MR) is 77.4 cm³/mol. The van der Waals surface area contributed by atoms with Gasteiger partial charge in [-0.3, -0.25) is 0 Å². The second-order valence-corrected chi connectivity index (χ2v) is 6.36. The van der Waals surface area contributed by atoms with E-state index in [1.54, 1.807) is 0 Å². The van der Waals surface area contributed by atoms with Crippen molar-refractivity contribution in [2.24, 2.45) is 0 Å². The van der Waals surface area contributed by atoms with E-state index in [-0.39, 0.29) is 0 Å². The minimum absolute atomic E-state index is 0.352. The number of benzene rings is 1. The third-order valence-corrected chi connectivity index (χ3v) is 4.55. The second-order valence-electron chi connectivity index (χ2n) is 5.50. The molecule has 1 aliphatic carbocycles. The van der Waals surface area contributed by atoms with Gasteiger partial charge in [0.25, 0.3) is 0 Å². The van der Waals surface area contributed by atoms with Crippen LogP contribution >= 0.6 is 15.9 Å². The van der Waals surface area contributed by atoms with Crippen LogP contribution in [0.25, 0.3) is 0 Å². The summed E-state index contributed by atoms with van der Waals surface area (Å²) in [5.74, 6) is 0. The zero-order valence-electron chi connectivity index (χ0n) is 10.8. The Morgan fingerprint density at radius 3 is 2.47 bits per heavy atom. The summed E-state index contributed by atoms with van der Waals surface area (Å²) < 4.78 is 1.27. The molecule has 1 N–H and O–H groups in total. The Labute approximate surface area is 113 Å². The lowest BCUT2D eigenvalue weighted by atomic mass is 9.78. The van der Waals surface area contributed by atoms with Gasteiger partial charge in [0.15, 0.2) is 0 Å². The highest BCUT2D eigenvalue weighted by atomic mass is 79.9. The van der Waals surface area contributed by atoms with Crippen molar-refractivity contribution in [3.05, 3.63) is 34.3 Å². The predicted octanol–water partition coefficient (Wildman–Crippen LogP) is 4.26. The molecule has 1 fully saturated rings. The fraction of sp³-hybridized carbons (Fsp3) is 0.600. The van der Waals surface area contributed by atoms with Gasteiger partial charge in [-0.05, 0) is 24.5 Å². The first-order valence-electron chi connectivity index (χ1n) is 6.62. The smallest absolute Gasteiger partial charge is 0.0213 e. The molecule has 2 heteroatoms. The highest BCUT2D eigenvalue weighted by Gasteiger charge is 2.36. The van der Waals surface area contributed by atoms with Crippen LogP contribution in [0.5, 0.6) is 0 Å². The molecule has 0 unspecified atom stereocenters. The van der Waals surface area contributed by atoms with Gasteiger partial charge in [0.2, 0.25) is 0 Å². The molecule has 2 rings (SSSR count). The molecule has 0 aliphatic heterocycles. The summed E-state index contributed by atoms with van der Waals surface area (Å²) in [6.07, 6.45) is 5.35. The molecule has 1 aromatic carbocycles. The van der Waals surface area contributed by atoms with E-state index in [9.17, 15) is 0 Å². The quantitative estimate of drug-likeness (QED) is 0.875. The van der Waals surface area contributed by atoms with Gasteiger partial charge in [0, 0.05) is 22.5 Å². The van der Waals surface area contributed by atoms with Crippen molar-refractivity contribution in [1.29, 1.82) is 0 Å².